The molecule has 6 rings (SSSR count). The summed E-state index contributed by atoms with van der Waals surface area (Å²) in [6.45, 7) is 2.93. The summed E-state index contributed by atoms with van der Waals surface area (Å²) in [4.78, 5) is 27.7. The van der Waals surface area contributed by atoms with E-state index in [2.05, 4.69) is 40.2 Å². The van der Waals surface area contributed by atoms with Gasteiger partial charge in [0.1, 0.15) is 0 Å². The lowest BCUT2D eigenvalue weighted by molar-refractivity contribution is 0.0747. The Morgan fingerprint density at radius 2 is 1.71 bits per heavy atom. The Hall–Kier alpha value is -3.93. The predicted octanol–water partition coefficient (Wildman–Crippen LogP) is 4.42. The van der Waals surface area contributed by atoms with Crippen molar-refractivity contribution in [3.8, 4) is 0 Å². The zero-order chi connectivity index (χ0) is 23.1. The number of aryl methyl sites for hydroxylation is 1. The molecular formula is C28H27N5O. The minimum atomic E-state index is 0.121. The summed E-state index contributed by atoms with van der Waals surface area (Å²) in [5.74, 6) is 1.08. The first-order valence-corrected chi connectivity index (χ1v) is 11.9. The van der Waals surface area contributed by atoms with Crippen molar-refractivity contribution in [3.05, 3.63) is 89.4 Å². The van der Waals surface area contributed by atoms with Crippen LogP contribution in [0.4, 0.5) is 5.95 Å². The van der Waals surface area contributed by atoms with Crippen LogP contribution in [0, 0.1) is 0 Å². The summed E-state index contributed by atoms with van der Waals surface area (Å²) in [5, 5.41) is 0.957. The van der Waals surface area contributed by atoms with Crippen molar-refractivity contribution in [2.24, 2.45) is 7.05 Å². The molecule has 0 atom stereocenters. The maximum Gasteiger partial charge on any atom is 0.255 e. The van der Waals surface area contributed by atoms with Crippen molar-refractivity contribution in [2.45, 2.75) is 12.8 Å². The van der Waals surface area contributed by atoms with Crippen molar-refractivity contribution in [1.82, 2.24) is 19.4 Å². The van der Waals surface area contributed by atoms with Crippen LogP contribution in [0.25, 0.3) is 22.6 Å². The number of carbonyl (C=O) groups excluding carboxylic acids is 1. The molecule has 170 valence electrons. The molecule has 0 saturated carbocycles. The number of rotatable bonds is 3. The molecule has 6 nitrogen and oxygen atoms in total. The molecule has 1 fully saturated rings. The first-order valence-electron chi connectivity index (χ1n) is 11.9. The molecule has 1 aliphatic carbocycles. The van der Waals surface area contributed by atoms with E-state index in [1.807, 2.05) is 59.2 Å². The van der Waals surface area contributed by atoms with Gasteiger partial charge in [-0.1, -0.05) is 48.5 Å². The number of hydrogen-bond acceptors (Lipinski definition) is 4. The zero-order valence-corrected chi connectivity index (χ0v) is 19.3. The molecule has 1 aliphatic heterocycles. The van der Waals surface area contributed by atoms with Crippen LogP contribution in [0.15, 0.2) is 67.0 Å². The van der Waals surface area contributed by atoms with E-state index < -0.39 is 0 Å². The summed E-state index contributed by atoms with van der Waals surface area (Å²) in [5.41, 5.74) is 6.17. The number of anilines is 1. The number of nitrogens with zero attached hydrogens (tertiary/aromatic N) is 5. The summed E-state index contributed by atoms with van der Waals surface area (Å²) < 4.78 is 2.03. The molecule has 2 aromatic heterocycles. The second-order valence-electron chi connectivity index (χ2n) is 9.03. The third-order valence-electron chi connectivity index (χ3n) is 6.94. The molecule has 0 spiro atoms. The zero-order valence-electron chi connectivity index (χ0n) is 19.3. The molecule has 0 radical (unpaired) electrons. The molecule has 3 heterocycles. The van der Waals surface area contributed by atoms with E-state index in [-0.39, 0.29) is 5.91 Å². The second-order valence-corrected chi connectivity index (χ2v) is 9.03. The molecule has 4 aromatic rings. The number of amides is 1. The van der Waals surface area contributed by atoms with Gasteiger partial charge in [0.2, 0.25) is 5.95 Å². The van der Waals surface area contributed by atoms with E-state index >= 15 is 0 Å². The maximum atomic E-state index is 13.9. The van der Waals surface area contributed by atoms with Crippen LogP contribution in [0.2, 0.25) is 0 Å². The standard InChI is InChI=1S/C28H27N5O/c1-31-14-13-29-28(31)33-17-15-32(16-18-33)27(34)25-22-9-5-6-10-24(22)30-26-21(11-12-23(25)26)19-20-7-3-2-4-8-20/h2-10,13-14,19H,11-12,15-18H2,1H3/b21-19-. The normalized spacial score (nSPS) is 16.9. The topological polar surface area (TPSA) is 54.3 Å². The fraction of sp³-hybridized carbons (Fsp3) is 0.250. The van der Waals surface area contributed by atoms with Crippen LogP contribution in [-0.4, -0.2) is 51.5 Å². The Morgan fingerprint density at radius 1 is 0.941 bits per heavy atom. The van der Waals surface area contributed by atoms with Gasteiger partial charge >= 0.3 is 0 Å². The Kier molecular flexibility index (Phi) is 5.13. The van der Waals surface area contributed by atoms with Crippen LogP contribution >= 0.6 is 0 Å². The third-order valence-corrected chi connectivity index (χ3v) is 6.94. The predicted molar refractivity (Wildman–Crippen MR) is 136 cm³/mol. The maximum absolute atomic E-state index is 13.9. The van der Waals surface area contributed by atoms with Gasteiger partial charge in [-0.25, -0.2) is 9.97 Å². The first kappa shape index (κ1) is 20.7. The number of imidazole rings is 1. The smallest absolute Gasteiger partial charge is 0.255 e. The molecule has 2 aromatic carbocycles. The van der Waals surface area contributed by atoms with E-state index in [1.165, 1.54) is 11.1 Å². The van der Waals surface area contributed by atoms with Gasteiger partial charge in [-0.2, -0.15) is 0 Å². The SMILES string of the molecule is Cn1ccnc1N1CCN(C(=O)c2c3c(nc4ccccc24)/C(=C\c2ccccc2)CC3)CC1. The number of carbonyl (C=O) groups is 1. The lowest BCUT2D eigenvalue weighted by Gasteiger charge is -2.35. The minimum absolute atomic E-state index is 0.121. The summed E-state index contributed by atoms with van der Waals surface area (Å²) in [6, 6.07) is 18.4. The Balaban J connectivity index is 1.35. The van der Waals surface area contributed by atoms with Crippen LogP contribution in [0.3, 0.4) is 0 Å². The Morgan fingerprint density at radius 3 is 2.47 bits per heavy atom. The molecular weight excluding hydrogens is 422 g/mol. The molecule has 0 N–H and O–H groups in total. The Bertz CT molecular complexity index is 1400. The van der Waals surface area contributed by atoms with Gasteiger partial charge in [-0.3, -0.25) is 4.79 Å². The average Bonchev–Trinajstić information content (AvgIpc) is 3.49. The number of allylic oxidation sites excluding steroid dienone is 1. The minimum Gasteiger partial charge on any atom is -0.339 e. The average molecular weight is 450 g/mol. The van der Waals surface area contributed by atoms with Gasteiger partial charge in [0.25, 0.3) is 5.91 Å². The van der Waals surface area contributed by atoms with E-state index in [4.69, 9.17) is 4.98 Å². The summed E-state index contributed by atoms with van der Waals surface area (Å²) in [7, 11) is 2.01. The quantitative estimate of drug-likeness (QED) is 0.465. The van der Waals surface area contributed by atoms with Crippen LogP contribution in [-0.2, 0) is 13.5 Å². The van der Waals surface area contributed by atoms with E-state index in [0.717, 1.165) is 59.6 Å². The highest BCUT2D eigenvalue weighted by molar-refractivity contribution is 6.09. The largest absolute Gasteiger partial charge is 0.339 e. The number of fused-ring (bicyclic) bond motifs is 2. The Labute approximate surface area is 199 Å². The molecule has 34 heavy (non-hydrogen) atoms. The first-order chi connectivity index (χ1) is 16.7. The molecule has 0 bridgehead atoms. The number of aromatic nitrogens is 3. The highest BCUT2D eigenvalue weighted by Gasteiger charge is 2.31. The van der Waals surface area contributed by atoms with E-state index in [9.17, 15) is 4.79 Å². The van der Waals surface area contributed by atoms with Crippen molar-refractivity contribution in [3.63, 3.8) is 0 Å². The van der Waals surface area contributed by atoms with Crippen LogP contribution < -0.4 is 4.90 Å². The van der Waals surface area contributed by atoms with Crippen molar-refractivity contribution < 1.29 is 4.79 Å². The van der Waals surface area contributed by atoms with E-state index in [1.54, 1.807) is 0 Å². The highest BCUT2D eigenvalue weighted by atomic mass is 16.2. The number of para-hydroxylation sites is 1. The highest BCUT2D eigenvalue weighted by Crippen LogP contribution is 2.38. The van der Waals surface area contributed by atoms with Gasteiger partial charge < -0.3 is 14.4 Å². The lowest BCUT2D eigenvalue weighted by Crippen LogP contribution is -2.49. The van der Waals surface area contributed by atoms with Gasteiger partial charge in [0.15, 0.2) is 0 Å². The summed E-state index contributed by atoms with van der Waals surface area (Å²) >= 11 is 0. The van der Waals surface area contributed by atoms with Crippen molar-refractivity contribution >= 4 is 34.4 Å². The lowest BCUT2D eigenvalue weighted by atomic mass is 9.99. The van der Waals surface area contributed by atoms with Crippen molar-refractivity contribution in [1.29, 1.82) is 0 Å². The molecule has 0 unspecified atom stereocenters. The third kappa shape index (κ3) is 3.55. The molecule has 1 amide bonds. The van der Waals surface area contributed by atoms with Crippen LogP contribution in [0.5, 0.6) is 0 Å². The number of hydrogen-bond donors (Lipinski definition) is 0. The van der Waals surface area contributed by atoms with Gasteiger partial charge in [0.05, 0.1) is 16.8 Å². The molecule has 2 aliphatic rings. The number of piperazine rings is 1. The number of benzene rings is 2. The van der Waals surface area contributed by atoms with Crippen LogP contribution in [0.1, 0.15) is 33.6 Å². The fourth-order valence-electron chi connectivity index (χ4n) is 5.20. The fourth-order valence-corrected chi connectivity index (χ4v) is 5.20. The summed E-state index contributed by atoms with van der Waals surface area (Å²) in [6.07, 6.45) is 7.74. The van der Waals surface area contributed by atoms with E-state index in [0.29, 0.717) is 13.1 Å². The molecule has 1 saturated heterocycles. The van der Waals surface area contributed by atoms with Crippen molar-refractivity contribution in [2.75, 3.05) is 31.1 Å². The van der Waals surface area contributed by atoms with Gasteiger partial charge in [0, 0.05) is 51.0 Å². The van der Waals surface area contributed by atoms with Gasteiger partial charge in [-0.15, -0.1) is 0 Å². The monoisotopic (exact) mass is 449 g/mol. The molecule has 6 heteroatoms. The number of pyridine rings is 1. The second kappa shape index (κ2) is 8.45. The van der Waals surface area contributed by atoms with Gasteiger partial charge in [-0.05, 0) is 41.7 Å².